The molecular formula is C17H32N4O. The Morgan fingerprint density at radius 3 is 2.64 bits per heavy atom. The highest BCUT2D eigenvalue weighted by atomic mass is 16.2. The number of nitrogens with zero attached hydrogens (tertiary/aromatic N) is 3. The van der Waals surface area contributed by atoms with Gasteiger partial charge in [0.15, 0.2) is 0 Å². The number of piperazine rings is 1. The minimum absolute atomic E-state index is 0.0940. The highest BCUT2D eigenvalue weighted by Crippen LogP contribution is 2.20. The predicted octanol–water partition coefficient (Wildman–Crippen LogP) is 1.77. The predicted molar refractivity (Wildman–Crippen MR) is 91.1 cm³/mol. The van der Waals surface area contributed by atoms with Crippen LogP contribution in [0.15, 0.2) is 11.6 Å². The first-order valence-electron chi connectivity index (χ1n) is 8.73. The molecule has 1 N–H and O–H groups in total. The standard InChI is InChI=1S/C17H32N4O/c1-19(2)11-9-18-17(22)21-14-12-20(13-15-21)10-8-16-6-4-3-5-7-16/h6H,3-5,7-15H2,1-2H3,(H,18,22). The summed E-state index contributed by atoms with van der Waals surface area (Å²) < 4.78 is 0. The highest BCUT2D eigenvalue weighted by molar-refractivity contribution is 5.74. The van der Waals surface area contributed by atoms with Crippen LogP contribution in [0.5, 0.6) is 0 Å². The summed E-state index contributed by atoms with van der Waals surface area (Å²) in [6, 6.07) is 0.0940. The molecule has 0 aromatic rings. The van der Waals surface area contributed by atoms with Crippen LogP contribution in [-0.2, 0) is 0 Å². The Morgan fingerprint density at radius 1 is 1.23 bits per heavy atom. The lowest BCUT2D eigenvalue weighted by atomic mass is 9.97. The normalized spacial score (nSPS) is 20.1. The van der Waals surface area contributed by atoms with Gasteiger partial charge in [0, 0.05) is 45.8 Å². The number of hydrogen-bond acceptors (Lipinski definition) is 3. The fraction of sp³-hybridized carbons (Fsp3) is 0.824. The van der Waals surface area contributed by atoms with E-state index in [2.05, 4.69) is 21.2 Å². The maximum absolute atomic E-state index is 12.1. The van der Waals surface area contributed by atoms with Crippen LogP contribution in [0.4, 0.5) is 4.79 Å². The molecule has 0 unspecified atom stereocenters. The topological polar surface area (TPSA) is 38.8 Å². The Balaban J connectivity index is 1.60. The van der Waals surface area contributed by atoms with Crippen LogP contribution < -0.4 is 5.32 Å². The van der Waals surface area contributed by atoms with Gasteiger partial charge in [-0.25, -0.2) is 4.79 Å². The molecule has 1 heterocycles. The first kappa shape index (κ1) is 17.3. The molecule has 0 aromatic carbocycles. The molecule has 126 valence electrons. The van der Waals surface area contributed by atoms with Gasteiger partial charge in [0.25, 0.3) is 0 Å². The van der Waals surface area contributed by atoms with E-state index in [9.17, 15) is 4.79 Å². The molecule has 1 fully saturated rings. The van der Waals surface area contributed by atoms with Gasteiger partial charge in [0.05, 0.1) is 0 Å². The van der Waals surface area contributed by atoms with Crippen LogP contribution in [-0.4, -0.2) is 80.6 Å². The lowest BCUT2D eigenvalue weighted by Crippen LogP contribution is -2.52. The fourth-order valence-corrected chi connectivity index (χ4v) is 3.11. The monoisotopic (exact) mass is 308 g/mol. The van der Waals surface area contributed by atoms with Crippen molar-refractivity contribution in [1.29, 1.82) is 0 Å². The summed E-state index contributed by atoms with van der Waals surface area (Å²) in [5, 5.41) is 3.00. The lowest BCUT2D eigenvalue weighted by Gasteiger charge is -2.35. The third-order valence-electron chi connectivity index (χ3n) is 4.63. The minimum Gasteiger partial charge on any atom is -0.337 e. The molecular weight excluding hydrogens is 276 g/mol. The maximum Gasteiger partial charge on any atom is 0.317 e. The molecule has 0 radical (unpaired) electrons. The molecule has 2 amide bonds. The number of urea groups is 1. The zero-order valence-electron chi connectivity index (χ0n) is 14.3. The number of carbonyl (C=O) groups excluding carboxylic acids is 1. The number of hydrogen-bond donors (Lipinski definition) is 1. The fourth-order valence-electron chi connectivity index (χ4n) is 3.11. The average molecular weight is 308 g/mol. The maximum atomic E-state index is 12.1. The SMILES string of the molecule is CN(C)CCNC(=O)N1CCN(CCC2=CCCCC2)CC1. The molecule has 2 aliphatic rings. The van der Waals surface area contributed by atoms with Crippen molar-refractivity contribution in [2.45, 2.75) is 32.1 Å². The van der Waals surface area contributed by atoms with Gasteiger partial charge in [-0.2, -0.15) is 0 Å². The van der Waals surface area contributed by atoms with Crippen molar-refractivity contribution in [3.63, 3.8) is 0 Å². The molecule has 2 rings (SSSR count). The van der Waals surface area contributed by atoms with E-state index in [1.165, 1.54) is 32.1 Å². The van der Waals surface area contributed by atoms with E-state index >= 15 is 0 Å². The summed E-state index contributed by atoms with van der Waals surface area (Å²) in [6.45, 7) is 6.49. The summed E-state index contributed by atoms with van der Waals surface area (Å²) >= 11 is 0. The molecule has 5 heteroatoms. The molecule has 0 aromatic heterocycles. The number of rotatable bonds is 6. The van der Waals surface area contributed by atoms with E-state index in [0.29, 0.717) is 0 Å². The van der Waals surface area contributed by atoms with E-state index in [0.717, 1.165) is 45.8 Å². The number of amides is 2. The van der Waals surface area contributed by atoms with Crippen molar-refractivity contribution in [3.05, 3.63) is 11.6 Å². The molecule has 0 spiro atoms. The van der Waals surface area contributed by atoms with Gasteiger partial charge in [-0.15, -0.1) is 0 Å². The molecule has 0 atom stereocenters. The molecule has 1 saturated heterocycles. The van der Waals surface area contributed by atoms with Gasteiger partial charge in [-0.3, -0.25) is 4.90 Å². The molecule has 0 saturated carbocycles. The minimum atomic E-state index is 0.0940. The van der Waals surface area contributed by atoms with Crippen molar-refractivity contribution in [3.8, 4) is 0 Å². The zero-order valence-corrected chi connectivity index (χ0v) is 14.3. The van der Waals surface area contributed by atoms with E-state index < -0.39 is 0 Å². The molecule has 5 nitrogen and oxygen atoms in total. The van der Waals surface area contributed by atoms with E-state index in [4.69, 9.17) is 0 Å². The smallest absolute Gasteiger partial charge is 0.317 e. The van der Waals surface area contributed by atoms with Gasteiger partial charge in [0.1, 0.15) is 0 Å². The Labute approximate surface area is 135 Å². The molecule has 0 bridgehead atoms. The van der Waals surface area contributed by atoms with Crippen LogP contribution >= 0.6 is 0 Å². The molecule has 1 aliphatic carbocycles. The zero-order chi connectivity index (χ0) is 15.8. The van der Waals surface area contributed by atoms with Gasteiger partial charge in [0.2, 0.25) is 0 Å². The van der Waals surface area contributed by atoms with Crippen LogP contribution in [0, 0.1) is 0 Å². The van der Waals surface area contributed by atoms with Gasteiger partial charge in [-0.05, 0) is 46.2 Å². The highest BCUT2D eigenvalue weighted by Gasteiger charge is 2.20. The van der Waals surface area contributed by atoms with E-state index in [1.54, 1.807) is 5.57 Å². The lowest BCUT2D eigenvalue weighted by molar-refractivity contribution is 0.139. The largest absolute Gasteiger partial charge is 0.337 e. The first-order valence-corrected chi connectivity index (χ1v) is 8.73. The molecule has 22 heavy (non-hydrogen) atoms. The second kappa shape index (κ2) is 9.16. The summed E-state index contributed by atoms with van der Waals surface area (Å²) in [4.78, 5) is 18.6. The Morgan fingerprint density at radius 2 is 2.00 bits per heavy atom. The van der Waals surface area contributed by atoms with Crippen molar-refractivity contribution >= 4 is 6.03 Å². The van der Waals surface area contributed by atoms with Crippen LogP contribution in [0.1, 0.15) is 32.1 Å². The third kappa shape index (κ3) is 5.97. The second-order valence-electron chi connectivity index (χ2n) is 6.72. The quantitative estimate of drug-likeness (QED) is 0.760. The summed E-state index contributed by atoms with van der Waals surface area (Å²) in [6.07, 6.45) is 8.97. The van der Waals surface area contributed by atoms with Crippen molar-refractivity contribution in [1.82, 2.24) is 20.0 Å². The van der Waals surface area contributed by atoms with Gasteiger partial charge < -0.3 is 15.1 Å². The third-order valence-corrected chi connectivity index (χ3v) is 4.63. The summed E-state index contributed by atoms with van der Waals surface area (Å²) in [7, 11) is 4.04. The van der Waals surface area contributed by atoms with Crippen LogP contribution in [0.3, 0.4) is 0 Å². The first-order chi connectivity index (χ1) is 10.6. The number of allylic oxidation sites excluding steroid dienone is 1. The van der Waals surface area contributed by atoms with Crippen molar-refractivity contribution in [2.75, 3.05) is 59.9 Å². The Bertz CT molecular complexity index is 373. The Kier molecular flexibility index (Phi) is 7.19. The summed E-state index contributed by atoms with van der Waals surface area (Å²) in [5.74, 6) is 0. The van der Waals surface area contributed by atoms with Gasteiger partial charge >= 0.3 is 6.03 Å². The number of nitrogens with one attached hydrogen (secondary N) is 1. The van der Waals surface area contributed by atoms with Crippen molar-refractivity contribution < 1.29 is 4.79 Å². The van der Waals surface area contributed by atoms with E-state index in [1.807, 2.05) is 19.0 Å². The summed E-state index contributed by atoms with van der Waals surface area (Å²) in [5.41, 5.74) is 1.65. The number of carbonyl (C=O) groups is 1. The van der Waals surface area contributed by atoms with Crippen LogP contribution in [0.2, 0.25) is 0 Å². The van der Waals surface area contributed by atoms with Crippen molar-refractivity contribution in [2.24, 2.45) is 0 Å². The van der Waals surface area contributed by atoms with Crippen LogP contribution in [0.25, 0.3) is 0 Å². The van der Waals surface area contributed by atoms with Gasteiger partial charge in [-0.1, -0.05) is 11.6 Å². The molecule has 1 aliphatic heterocycles. The number of likely N-dealkylation sites (N-methyl/N-ethyl adjacent to an activating group) is 1. The average Bonchev–Trinajstić information content (AvgIpc) is 2.54. The Hall–Kier alpha value is -1.07. The van der Waals surface area contributed by atoms with E-state index in [-0.39, 0.29) is 6.03 Å². The second-order valence-corrected chi connectivity index (χ2v) is 6.72.